The molecule has 0 N–H and O–H groups in total. The molecule has 2 aromatic rings. The number of hydrogen-bond donors (Lipinski definition) is 0. The first-order valence-electron chi connectivity index (χ1n) is 10.9. The minimum atomic E-state index is -0.265. The van der Waals surface area contributed by atoms with Crippen molar-refractivity contribution >= 4 is 5.91 Å². The van der Waals surface area contributed by atoms with Gasteiger partial charge in [-0.3, -0.25) is 9.69 Å². The van der Waals surface area contributed by atoms with E-state index in [0.717, 1.165) is 5.56 Å². The molecule has 2 aromatic carbocycles. The number of carbonyl (C=O) groups excluding carboxylic acids is 1. The van der Waals surface area contributed by atoms with Crippen LogP contribution in [0.15, 0.2) is 48.5 Å². The fourth-order valence-electron chi connectivity index (χ4n) is 4.40. The summed E-state index contributed by atoms with van der Waals surface area (Å²) in [6, 6.07) is 13.5. The molecule has 1 aliphatic rings. The summed E-state index contributed by atoms with van der Waals surface area (Å²) >= 11 is 0. The van der Waals surface area contributed by atoms with Crippen LogP contribution in [-0.4, -0.2) is 55.6 Å². The van der Waals surface area contributed by atoms with Gasteiger partial charge in [0, 0.05) is 57.2 Å². The standard InChI is InChI=1S/C25H32F2N2O2/c1-18(2)25(30)29(11-12-31-3)16-21-15-28(14-20-7-4-5-10-24(20)27)17-23(21)19-8-6-9-22(26)13-19/h4-10,13,18,21,23H,11-12,14-17H2,1-3H3/t21-,23-/m1/s1. The summed E-state index contributed by atoms with van der Waals surface area (Å²) in [6.45, 7) is 7.24. The van der Waals surface area contributed by atoms with Crippen LogP contribution in [0, 0.1) is 23.5 Å². The normalized spacial score (nSPS) is 19.2. The van der Waals surface area contributed by atoms with Gasteiger partial charge in [-0.1, -0.05) is 44.2 Å². The molecular formula is C25H32F2N2O2. The minimum absolute atomic E-state index is 0.0625. The van der Waals surface area contributed by atoms with Crippen molar-refractivity contribution in [2.75, 3.05) is 39.9 Å². The van der Waals surface area contributed by atoms with E-state index in [1.807, 2.05) is 30.9 Å². The molecular weight excluding hydrogens is 398 g/mol. The number of benzene rings is 2. The number of hydrogen-bond acceptors (Lipinski definition) is 3. The Morgan fingerprint density at radius 3 is 2.61 bits per heavy atom. The molecule has 1 heterocycles. The monoisotopic (exact) mass is 430 g/mol. The second kappa shape index (κ2) is 10.8. The highest BCUT2D eigenvalue weighted by Crippen LogP contribution is 2.35. The van der Waals surface area contributed by atoms with E-state index in [-0.39, 0.29) is 35.3 Å². The quantitative estimate of drug-likeness (QED) is 0.594. The van der Waals surface area contributed by atoms with E-state index < -0.39 is 0 Å². The summed E-state index contributed by atoms with van der Waals surface area (Å²) in [5.41, 5.74) is 1.57. The molecule has 0 aromatic heterocycles. The first kappa shape index (κ1) is 23.4. The maximum atomic E-state index is 14.2. The lowest BCUT2D eigenvalue weighted by atomic mass is 9.88. The first-order valence-corrected chi connectivity index (χ1v) is 10.9. The number of ether oxygens (including phenoxy) is 1. The fraction of sp³-hybridized carbons (Fsp3) is 0.480. The maximum absolute atomic E-state index is 14.2. The molecule has 0 bridgehead atoms. The molecule has 1 saturated heterocycles. The van der Waals surface area contributed by atoms with E-state index in [4.69, 9.17) is 4.74 Å². The molecule has 1 aliphatic heterocycles. The molecule has 1 amide bonds. The van der Waals surface area contributed by atoms with Crippen LogP contribution in [0.4, 0.5) is 8.78 Å². The van der Waals surface area contributed by atoms with Crippen LogP contribution in [0.2, 0.25) is 0 Å². The molecule has 6 heteroatoms. The Bertz CT molecular complexity index is 874. The van der Waals surface area contributed by atoms with E-state index in [1.165, 1.54) is 12.1 Å². The van der Waals surface area contributed by atoms with Gasteiger partial charge in [-0.25, -0.2) is 8.78 Å². The van der Waals surface area contributed by atoms with E-state index in [2.05, 4.69) is 4.90 Å². The predicted octanol–water partition coefficient (Wildman–Crippen LogP) is 4.31. The van der Waals surface area contributed by atoms with Crippen LogP contribution in [0.5, 0.6) is 0 Å². The van der Waals surface area contributed by atoms with Crippen molar-refractivity contribution in [3.05, 3.63) is 71.3 Å². The van der Waals surface area contributed by atoms with Crippen molar-refractivity contribution in [2.45, 2.75) is 26.3 Å². The molecule has 0 unspecified atom stereocenters. The van der Waals surface area contributed by atoms with Crippen LogP contribution in [-0.2, 0) is 16.1 Å². The van der Waals surface area contributed by atoms with E-state index in [1.54, 1.807) is 31.4 Å². The number of rotatable bonds is 9. The third-order valence-electron chi connectivity index (χ3n) is 5.97. The van der Waals surface area contributed by atoms with Crippen molar-refractivity contribution in [3.63, 3.8) is 0 Å². The third-order valence-corrected chi connectivity index (χ3v) is 5.97. The van der Waals surface area contributed by atoms with Gasteiger partial charge in [0.2, 0.25) is 5.91 Å². The Labute approximate surface area is 183 Å². The summed E-state index contributed by atoms with van der Waals surface area (Å²) in [5.74, 6) is -0.327. The summed E-state index contributed by atoms with van der Waals surface area (Å²) in [7, 11) is 1.62. The lowest BCUT2D eigenvalue weighted by molar-refractivity contribution is -0.135. The minimum Gasteiger partial charge on any atom is -0.383 e. The van der Waals surface area contributed by atoms with Gasteiger partial charge in [0.05, 0.1) is 6.61 Å². The van der Waals surface area contributed by atoms with Gasteiger partial charge in [-0.15, -0.1) is 0 Å². The number of carbonyl (C=O) groups is 1. The predicted molar refractivity (Wildman–Crippen MR) is 118 cm³/mol. The SMILES string of the molecule is COCCN(C[C@H]1CN(Cc2ccccc2F)C[C@@H]1c1cccc(F)c1)C(=O)C(C)C. The lowest BCUT2D eigenvalue weighted by Gasteiger charge is -2.29. The zero-order valence-corrected chi connectivity index (χ0v) is 18.6. The lowest BCUT2D eigenvalue weighted by Crippen LogP contribution is -2.41. The van der Waals surface area contributed by atoms with E-state index >= 15 is 0 Å². The van der Waals surface area contributed by atoms with Crippen LogP contribution >= 0.6 is 0 Å². The zero-order chi connectivity index (χ0) is 22.4. The van der Waals surface area contributed by atoms with Crippen molar-refractivity contribution in [1.29, 1.82) is 0 Å². The number of halogens is 2. The van der Waals surface area contributed by atoms with Gasteiger partial charge in [0.1, 0.15) is 11.6 Å². The third kappa shape index (κ3) is 6.11. The summed E-state index contributed by atoms with van der Waals surface area (Å²) in [5, 5.41) is 0. The molecule has 168 valence electrons. The smallest absolute Gasteiger partial charge is 0.225 e. The van der Waals surface area contributed by atoms with Gasteiger partial charge in [-0.2, -0.15) is 0 Å². The van der Waals surface area contributed by atoms with Crippen molar-refractivity contribution < 1.29 is 18.3 Å². The molecule has 2 atom stereocenters. The fourth-order valence-corrected chi connectivity index (χ4v) is 4.40. The topological polar surface area (TPSA) is 32.8 Å². The van der Waals surface area contributed by atoms with Gasteiger partial charge in [0.15, 0.2) is 0 Å². The van der Waals surface area contributed by atoms with Gasteiger partial charge in [0.25, 0.3) is 0 Å². The second-order valence-corrected chi connectivity index (χ2v) is 8.64. The first-order chi connectivity index (χ1) is 14.9. The number of amides is 1. The molecule has 0 aliphatic carbocycles. The van der Waals surface area contributed by atoms with E-state index in [0.29, 0.717) is 44.9 Å². The van der Waals surface area contributed by atoms with Gasteiger partial charge >= 0.3 is 0 Å². The van der Waals surface area contributed by atoms with Crippen LogP contribution < -0.4 is 0 Å². The maximum Gasteiger partial charge on any atom is 0.225 e. The summed E-state index contributed by atoms with van der Waals surface area (Å²) < 4.78 is 33.4. The molecule has 31 heavy (non-hydrogen) atoms. The highest BCUT2D eigenvalue weighted by atomic mass is 19.1. The van der Waals surface area contributed by atoms with Crippen LogP contribution in [0.1, 0.15) is 30.9 Å². The zero-order valence-electron chi connectivity index (χ0n) is 18.6. The Morgan fingerprint density at radius 2 is 1.94 bits per heavy atom. The Hall–Kier alpha value is -2.31. The molecule has 0 spiro atoms. The number of methoxy groups -OCH3 is 1. The molecule has 0 saturated carbocycles. The highest BCUT2D eigenvalue weighted by Gasteiger charge is 2.36. The van der Waals surface area contributed by atoms with Crippen molar-refractivity contribution in [1.82, 2.24) is 9.80 Å². The number of likely N-dealkylation sites (tertiary alicyclic amines) is 1. The average molecular weight is 431 g/mol. The molecule has 0 radical (unpaired) electrons. The number of nitrogens with zero attached hydrogens (tertiary/aromatic N) is 2. The molecule has 3 rings (SSSR count). The second-order valence-electron chi connectivity index (χ2n) is 8.64. The molecule has 1 fully saturated rings. The Morgan fingerprint density at radius 1 is 1.16 bits per heavy atom. The van der Waals surface area contributed by atoms with Crippen molar-refractivity contribution in [3.8, 4) is 0 Å². The summed E-state index contributed by atoms with van der Waals surface area (Å²) in [4.78, 5) is 16.9. The Kier molecular flexibility index (Phi) is 8.15. The Balaban J connectivity index is 1.82. The van der Waals surface area contributed by atoms with Gasteiger partial charge in [-0.05, 0) is 29.7 Å². The van der Waals surface area contributed by atoms with Crippen LogP contribution in [0.3, 0.4) is 0 Å². The van der Waals surface area contributed by atoms with E-state index in [9.17, 15) is 13.6 Å². The summed E-state index contributed by atoms with van der Waals surface area (Å²) in [6.07, 6.45) is 0. The van der Waals surface area contributed by atoms with Crippen molar-refractivity contribution in [2.24, 2.45) is 11.8 Å². The largest absolute Gasteiger partial charge is 0.383 e. The van der Waals surface area contributed by atoms with Gasteiger partial charge < -0.3 is 9.64 Å². The average Bonchev–Trinajstić information content (AvgIpc) is 3.14. The van der Waals surface area contributed by atoms with Crippen LogP contribution in [0.25, 0.3) is 0 Å². The molecule has 4 nitrogen and oxygen atoms in total. The highest BCUT2D eigenvalue weighted by molar-refractivity contribution is 5.78.